The van der Waals surface area contributed by atoms with E-state index in [4.69, 9.17) is 9.47 Å². The van der Waals surface area contributed by atoms with E-state index in [9.17, 15) is 5.11 Å². The van der Waals surface area contributed by atoms with Crippen LogP contribution in [0.5, 0.6) is 11.5 Å². The van der Waals surface area contributed by atoms with Gasteiger partial charge in [0, 0.05) is 10.8 Å². The van der Waals surface area contributed by atoms with E-state index in [1.54, 1.807) is 6.07 Å². The molecular weight excluding hydrogens is 240 g/mol. The number of ether oxygens (including phenoxy) is 2. The summed E-state index contributed by atoms with van der Waals surface area (Å²) in [6.45, 7) is 5.23. The molecule has 2 aromatic rings. The van der Waals surface area contributed by atoms with Gasteiger partial charge in [0.15, 0.2) is 0 Å². The van der Waals surface area contributed by atoms with Gasteiger partial charge in [0.05, 0.1) is 12.7 Å². The van der Waals surface area contributed by atoms with Crippen molar-refractivity contribution in [2.24, 2.45) is 0 Å². The van der Waals surface area contributed by atoms with E-state index in [0.717, 1.165) is 22.9 Å². The Morgan fingerprint density at radius 2 is 1.79 bits per heavy atom. The molecule has 2 aromatic carbocycles. The summed E-state index contributed by atoms with van der Waals surface area (Å²) in [5.74, 6) is 1.06. The molecule has 0 spiro atoms. The Hall–Kier alpha value is -1.74. The molecule has 0 saturated carbocycles. The second-order valence-corrected chi connectivity index (χ2v) is 4.57. The molecule has 0 aromatic heterocycles. The average Bonchev–Trinajstić information content (AvgIpc) is 2.44. The Morgan fingerprint density at radius 3 is 2.58 bits per heavy atom. The largest absolute Gasteiger partial charge is 0.507 e. The van der Waals surface area contributed by atoms with Crippen LogP contribution in [0.2, 0.25) is 0 Å². The third-order valence-corrected chi connectivity index (χ3v) is 3.18. The topological polar surface area (TPSA) is 38.7 Å². The van der Waals surface area contributed by atoms with Crippen LogP contribution in [-0.2, 0) is 4.74 Å². The van der Waals surface area contributed by atoms with Crippen LogP contribution in [0.25, 0.3) is 10.8 Å². The molecule has 102 valence electrons. The van der Waals surface area contributed by atoms with Crippen LogP contribution in [0.4, 0.5) is 0 Å². The van der Waals surface area contributed by atoms with Gasteiger partial charge >= 0.3 is 0 Å². The third-order valence-electron chi connectivity index (χ3n) is 3.18. The Labute approximate surface area is 113 Å². The predicted molar refractivity (Wildman–Crippen MR) is 76.8 cm³/mol. The zero-order valence-corrected chi connectivity index (χ0v) is 11.4. The van der Waals surface area contributed by atoms with Crippen molar-refractivity contribution in [3.63, 3.8) is 0 Å². The molecule has 0 aliphatic carbocycles. The first-order chi connectivity index (χ1) is 9.22. The second-order valence-electron chi connectivity index (χ2n) is 4.57. The van der Waals surface area contributed by atoms with Gasteiger partial charge in [0.1, 0.15) is 18.1 Å². The summed E-state index contributed by atoms with van der Waals surface area (Å²) in [7, 11) is 0. The fourth-order valence-corrected chi connectivity index (χ4v) is 1.91. The maximum Gasteiger partial charge on any atom is 0.127 e. The SMILES string of the molecule is CCC(C)OCCOc1cccc2c(O)cccc12. The molecule has 2 rings (SSSR count). The zero-order valence-electron chi connectivity index (χ0n) is 11.4. The first kappa shape index (κ1) is 13.7. The Kier molecular flexibility index (Phi) is 4.63. The van der Waals surface area contributed by atoms with E-state index in [0.29, 0.717) is 13.2 Å². The lowest BCUT2D eigenvalue weighted by molar-refractivity contribution is 0.0430. The van der Waals surface area contributed by atoms with Gasteiger partial charge in [-0.25, -0.2) is 0 Å². The highest BCUT2D eigenvalue weighted by molar-refractivity contribution is 5.92. The standard InChI is InChI=1S/C16H20O3/c1-3-12(2)18-10-11-19-16-9-5-6-13-14(16)7-4-8-15(13)17/h4-9,12,17H,3,10-11H2,1-2H3. The minimum absolute atomic E-state index is 0.264. The number of rotatable bonds is 6. The van der Waals surface area contributed by atoms with Crippen molar-refractivity contribution >= 4 is 10.8 Å². The van der Waals surface area contributed by atoms with Gasteiger partial charge in [0.25, 0.3) is 0 Å². The molecule has 1 N–H and O–H groups in total. The molecule has 3 nitrogen and oxygen atoms in total. The highest BCUT2D eigenvalue weighted by Crippen LogP contribution is 2.31. The van der Waals surface area contributed by atoms with Crippen molar-refractivity contribution < 1.29 is 14.6 Å². The molecule has 0 aliphatic heterocycles. The van der Waals surface area contributed by atoms with Crippen LogP contribution in [0.1, 0.15) is 20.3 Å². The number of phenols is 1. The highest BCUT2D eigenvalue weighted by atomic mass is 16.5. The number of aromatic hydroxyl groups is 1. The van der Waals surface area contributed by atoms with Gasteiger partial charge in [-0.05, 0) is 25.5 Å². The molecule has 19 heavy (non-hydrogen) atoms. The first-order valence-electron chi connectivity index (χ1n) is 6.67. The fourth-order valence-electron chi connectivity index (χ4n) is 1.91. The number of hydrogen-bond acceptors (Lipinski definition) is 3. The van der Waals surface area contributed by atoms with Crippen LogP contribution in [-0.4, -0.2) is 24.4 Å². The van der Waals surface area contributed by atoms with Crippen molar-refractivity contribution in [3.05, 3.63) is 36.4 Å². The molecule has 0 amide bonds. The molecule has 1 unspecified atom stereocenters. The van der Waals surface area contributed by atoms with Crippen molar-refractivity contribution in [3.8, 4) is 11.5 Å². The summed E-state index contributed by atoms with van der Waals surface area (Å²) in [5, 5.41) is 11.5. The average molecular weight is 260 g/mol. The van der Waals surface area contributed by atoms with Gasteiger partial charge in [-0.3, -0.25) is 0 Å². The Morgan fingerprint density at radius 1 is 1.05 bits per heavy atom. The van der Waals surface area contributed by atoms with Gasteiger partial charge in [-0.1, -0.05) is 31.2 Å². The van der Waals surface area contributed by atoms with Crippen molar-refractivity contribution in [2.45, 2.75) is 26.4 Å². The van der Waals surface area contributed by atoms with Crippen molar-refractivity contribution in [2.75, 3.05) is 13.2 Å². The van der Waals surface area contributed by atoms with Gasteiger partial charge in [-0.2, -0.15) is 0 Å². The third kappa shape index (κ3) is 3.38. The molecule has 0 heterocycles. The van der Waals surface area contributed by atoms with Gasteiger partial charge in [0.2, 0.25) is 0 Å². The summed E-state index contributed by atoms with van der Waals surface area (Å²) >= 11 is 0. The van der Waals surface area contributed by atoms with E-state index < -0.39 is 0 Å². The predicted octanol–water partition coefficient (Wildman–Crippen LogP) is 3.74. The summed E-state index contributed by atoms with van der Waals surface area (Å²) in [4.78, 5) is 0. The van der Waals surface area contributed by atoms with Crippen molar-refractivity contribution in [1.29, 1.82) is 0 Å². The minimum atomic E-state index is 0.264. The summed E-state index contributed by atoms with van der Waals surface area (Å²) < 4.78 is 11.3. The maximum atomic E-state index is 9.79. The fraction of sp³-hybridized carbons (Fsp3) is 0.375. The van der Waals surface area contributed by atoms with E-state index in [-0.39, 0.29) is 11.9 Å². The molecule has 0 radical (unpaired) electrons. The number of hydrogen-bond donors (Lipinski definition) is 1. The molecule has 1 atom stereocenters. The van der Waals surface area contributed by atoms with Crippen molar-refractivity contribution in [1.82, 2.24) is 0 Å². The lowest BCUT2D eigenvalue weighted by Crippen LogP contribution is -2.13. The second kappa shape index (κ2) is 6.43. The van der Waals surface area contributed by atoms with Crippen LogP contribution < -0.4 is 4.74 Å². The summed E-state index contributed by atoms with van der Waals surface area (Å²) in [5.41, 5.74) is 0. The summed E-state index contributed by atoms with van der Waals surface area (Å²) in [6.07, 6.45) is 1.27. The highest BCUT2D eigenvalue weighted by Gasteiger charge is 2.05. The summed E-state index contributed by atoms with van der Waals surface area (Å²) in [6, 6.07) is 11.1. The zero-order chi connectivity index (χ0) is 13.7. The van der Waals surface area contributed by atoms with E-state index in [1.807, 2.05) is 30.3 Å². The van der Waals surface area contributed by atoms with E-state index >= 15 is 0 Å². The lowest BCUT2D eigenvalue weighted by atomic mass is 10.1. The number of fused-ring (bicyclic) bond motifs is 1. The Balaban J connectivity index is 2.03. The molecular formula is C16H20O3. The van der Waals surface area contributed by atoms with Crippen LogP contribution >= 0.6 is 0 Å². The van der Waals surface area contributed by atoms with Crippen LogP contribution in [0, 0.1) is 0 Å². The van der Waals surface area contributed by atoms with E-state index in [2.05, 4.69) is 13.8 Å². The molecule has 0 fully saturated rings. The number of benzene rings is 2. The van der Waals surface area contributed by atoms with Crippen LogP contribution in [0.3, 0.4) is 0 Å². The maximum absolute atomic E-state index is 9.79. The van der Waals surface area contributed by atoms with Crippen LogP contribution in [0.15, 0.2) is 36.4 Å². The molecule has 0 bridgehead atoms. The van der Waals surface area contributed by atoms with Gasteiger partial charge < -0.3 is 14.6 Å². The van der Waals surface area contributed by atoms with E-state index in [1.165, 1.54) is 0 Å². The van der Waals surface area contributed by atoms with Gasteiger partial charge in [-0.15, -0.1) is 0 Å². The minimum Gasteiger partial charge on any atom is -0.507 e. The lowest BCUT2D eigenvalue weighted by Gasteiger charge is -2.13. The Bertz CT molecular complexity index is 537. The monoisotopic (exact) mass is 260 g/mol. The molecule has 3 heteroatoms. The molecule has 0 aliphatic rings. The normalized spacial score (nSPS) is 12.5. The smallest absolute Gasteiger partial charge is 0.127 e. The molecule has 0 saturated heterocycles. The number of phenolic OH excluding ortho intramolecular Hbond substituents is 1. The first-order valence-corrected chi connectivity index (χ1v) is 6.67. The quantitative estimate of drug-likeness (QED) is 0.804.